The van der Waals surface area contributed by atoms with Crippen molar-refractivity contribution in [2.24, 2.45) is 5.10 Å². The molecule has 0 unspecified atom stereocenters. The monoisotopic (exact) mass is 398 g/mol. The van der Waals surface area contributed by atoms with E-state index in [4.69, 9.17) is 4.74 Å². The van der Waals surface area contributed by atoms with E-state index in [0.29, 0.717) is 22.1 Å². The Bertz CT molecular complexity index is 1020. The zero-order valence-corrected chi connectivity index (χ0v) is 16.1. The summed E-state index contributed by atoms with van der Waals surface area (Å²) < 4.78 is 10.9. The second-order valence-electron chi connectivity index (χ2n) is 5.65. The second-order valence-corrected chi connectivity index (χ2v) is 6.68. The van der Waals surface area contributed by atoms with E-state index in [-0.39, 0.29) is 12.5 Å². The Morgan fingerprint density at radius 2 is 1.96 bits per heavy atom. The quantitative estimate of drug-likeness (QED) is 0.489. The molecule has 0 bridgehead atoms. The first-order chi connectivity index (χ1) is 13.5. The number of carbonyl (C=O) groups is 2. The van der Waals surface area contributed by atoms with Crippen molar-refractivity contribution < 1.29 is 19.1 Å². The van der Waals surface area contributed by atoms with E-state index in [2.05, 4.69) is 25.6 Å². The molecule has 3 rings (SSSR count). The minimum absolute atomic E-state index is 0.177. The van der Waals surface area contributed by atoms with Crippen LogP contribution in [0, 0.1) is 0 Å². The molecule has 144 valence electrons. The van der Waals surface area contributed by atoms with Gasteiger partial charge in [-0.25, -0.2) is 15.2 Å². The van der Waals surface area contributed by atoms with Crippen LogP contribution in [-0.4, -0.2) is 36.4 Å². The summed E-state index contributed by atoms with van der Waals surface area (Å²) in [4.78, 5) is 27.5. The average Bonchev–Trinajstić information content (AvgIpc) is 3.12. The molecule has 28 heavy (non-hydrogen) atoms. The van der Waals surface area contributed by atoms with Gasteiger partial charge in [0.2, 0.25) is 0 Å². The summed E-state index contributed by atoms with van der Waals surface area (Å²) >= 11 is 1.28. The number of benzene rings is 2. The van der Waals surface area contributed by atoms with Crippen LogP contribution < -0.4 is 15.5 Å². The zero-order valence-electron chi connectivity index (χ0n) is 15.3. The van der Waals surface area contributed by atoms with Gasteiger partial charge in [-0.15, -0.1) is 0 Å². The third-order valence-corrected chi connectivity index (χ3v) is 4.60. The predicted molar refractivity (Wildman–Crippen MR) is 108 cm³/mol. The lowest BCUT2D eigenvalue weighted by molar-refractivity contribution is -0.123. The molecule has 1 heterocycles. The van der Waals surface area contributed by atoms with Crippen LogP contribution in [-0.2, 0) is 9.53 Å². The number of hydrogen-bond acceptors (Lipinski definition) is 7. The van der Waals surface area contributed by atoms with E-state index in [0.717, 1.165) is 10.3 Å². The van der Waals surface area contributed by atoms with Gasteiger partial charge >= 0.3 is 6.09 Å². The maximum absolute atomic E-state index is 12.0. The van der Waals surface area contributed by atoms with Crippen molar-refractivity contribution in [3.8, 4) is 5.75 Å². The largest absolute Gasteiger partial charge is 0.484 e. The number of ether oxygens (including phenoxy) is 2. The fourth-order valence-electron chi connectivity index (χ4n) is 2.26. The van der Waals surface area contributed by atoms with Crippen LogP contribution in [0.1, 0.15) is 12.5 Å². The van der Waals surface area contributed by atoms with E-state index in [1.807, 2.05) is 37.3 Å². The molecule has 2 N–H and O–H groups in total. The molecular weight excluding hydrogens is 380 g/mol. The van der Waals surface area contributed by atoms with Crippen LogP contribution >= 0.6 is 11.3 Å². The van der Waals surface area contributed by atoms with E-state index in [1.165, 1.54) is 18.4 Å². The summed E-state index contributed by atoms with van der Waals surface area (Å²) in [7, 11) is 1.28. The highest BCUT2D eigenvalue weighted by Crippen LogP contribution is 2.29. The van der Waals surface area contributed by atoms with Gasteiger partial charge in [-0.2, -0.15) is 5.10 Å². The molecule has 0 aliphatic rings. The van der Waals surface area contributed by atoms with Gasteiger partial charge in [0.05, 0.1) is 23.0 Å². The van der Waals surface area contributed by atoms with Crippen molar-refractivity contribution in [2.75, 3.05) is 19.0 Å². The van der Waals surface area contributed by atoms with E-state index in [1.54, 1.807) is 18.2 Å². The molecule has 2 aromatic carbocycles. The number of anilines is 1. The van der Waals surface area contributed by atoms with E-state index >= 15 is 0 Å². The standard InChI is InChI=1S/C19H18N4O4S/c1-12(13-6-4-3-5-7-13)22-23-17(24)11-27-14-8-9-15-16(10-14)28-18(20-15)21-19(25)26-2/h3-10H,11H2,1-2H3,(H,23,24)(H,20,21,25)/b22-12+. The van der Waals surface area contributed by atoms with Crippen LogP contribution in [0.15, 0.2) is 53.6 Å². The van der Waals surface area contributed by atoms with Crippen molar-refractivity contribution in [1.82, 2.24) is 10.4 Å². The van der Waals surface area contributed by atoms with Crippen molar-refractivity contribution in [3.05, 3.63) is 54.1 Å². The van der Waals surface area contributed by atoms with Crippen LogP contribution in [0.3, 0.4) is 0 Å². The number of amides is 2. The molecular formula is C19H18N4O4S. The maximum atomic E-state index is 12.0. The Hall–Kier alpha value is -3.46. The van der Waals surface area contributed by atoms with Gasteiger partial charge in [-0.3, -0.25) is 10.1 Å². The molecule has 0 atom stereocenters. The van der Waals surface area contributed by atoms with Gasteiger partial charge in [-0.05, 0) is 30.7 Å². The number of nitrogens with zero attached hydrogens (tertiary/aromatic N) is 2. The van der Waals surface area contributed by atoms with Crippen LogP contribution in [0.2, 0.25) is 0 Å². The third kappa shape index (κ3) is 5.04. The lowest BCUT2D eigenvalue weighted by Crippen LogP contribution is -2.25. The SMILES string of the molecule is COC(=O)Nc1nc2ccc(OCC(=O)N/N=C(\C)c3ccccc3)cc2s1. The Morgan fingerprint density at radius 3 is 2.71 bits per heavy atom. The van der Waals surface area contributed by atoms with Crippen molar-refractivity contribution >= 4 is 44.4 Å². The molecule has 3 aromatic rings. The minimum Gasteiger partial charge on any atom is -0.484 e. The Morgan fingerprint density at radius 1 is 1.18 bits per heavy atom. The summed E-state index contributed by atoms with van der Waals surface area (Å²) in [5, 5.41) is 7.01. The highest BCUT2D eigenvalue weighted by molar-refractivity contribution is 7.22. The number of methoxy groups -OCH3 is 1. The Labute approximate surface area is 165 Å². The molecule has 0 radical (unpaired) electrons. The summed E-state index contributed by atoms with van der Waals surface area (Å²) in [6.07, 6.45) is -0.585. The molecule has 8 nitrogen and oxygen atoms in total. The van der Waals surface area contributed by atoms with Crippen molar-refractivity contribution in [3.63, 3.8) is 0 Å². The van der Waals surface area contributed by atoms with E-state index in [9.17, 15) is 9.59 Å². The second kappa shape index (κ2) is 8.96. The minimum atomic E-state index is -0.585. The number of nitrogens with one attached hydrogen (secondary N) is 2. The molecule has 9 heteroatoms. The van der Waals surface area contributed by atoms with Gasteiger partial charge in [-0.1, -0.05) is 41.7 Å². The topological polar surface area (TPSA) is 102 Å². The van der Waals surface area contributed by atoms with Crippen LogP contribution in [0.5, 0.6) is 5.75 Å². The molecule has 0 spiro atoms. The fourth-order valence-corrected chi connectivity index (χ4v) is 3.14. The van der Waals surface area contributed by atoms with Crippen molar-refractivity contribution in [1.29, 1.82) is 0 Å². The lowest BCUT2D eigenvalue weighted by Gasteiger charge is -2.06. The number of carbonyl (C=O) groups excluding carboxylic acids is 2. The summed E-state index contributed by atoms with van der Waals surface area (Å²) in [5.41, 5.74) is 4.80. The molecule has 0 saturated carbocycles. The first kappa shape index (κ1) is 19.3. The lowest BCUT2D eigenvalue weighted by atomic mass is 10.1. The molecule has 2 amide bonds. The number of aromatic nitrogens is 1. The Balaban J connectivity index is 1.57. The number of fused-ring (bicyclic) bond motifs is 1. The molecule has 1 aromatic heterocycles. The first-order valence-electron chi connectivity index (χ1n) is 8.32. The smallest absolute Gasteiger partial charge is 0.413 e. The number of thiazole rings is 1. The van der Waals surface area contributed by atoms with E-state index < -0.39 is 6.09 Å². The third-order valence-electron chi connectivity index (χ3n) is 3.66. The fraction of sp³-hybridized carbons (Fsp3) is 0.158. The summed E-state index contributed by atoms with van der Waals surface area (Å²) in [6.45, 7) is 1.64. The average molecular weight is 398 g/mol. The summed E-state index contributed by atoms with van der Waals surface area (Å²) in [5.74, 6) is 0.146. The molecule has 0 fully saturated rings. The van der Waals surface area contributed by atoms with Gasteiger partial charge in [0.15, 0.2) is 11.7 Å². The normalized spacial score (nSPS) is 11.1. The highest BCUT2D eigenvalue weighted by atomic mass is 32.1. The van der Waals surface area contributed by atoms with Gasteiger partial charge in [0.1, 0.15) is 5.75 Å². The molecule has 0 aliphatic heterocycles. The molecule has 0 aliphatic carbocycles. The van der Waals surface area contributed by atoms with Crippen LogP contribution in [0.25, 0.3) is 10.2 Å². The maximum Gasteiger partial charge on any atom is 0.413 e. The summed E-state index contributed by atoms with van der Waals surface area (Å²) in [6, 6.07) is 14.7. The van der Waals surface area contributed by atoms with Gasteiger partial charge in [0.25, 0.3) is 5.91 Å². The zero-order chi connectivity index (χ0) is 19.9. The highest BCUT2D eigenvalue weighted by Gasteiger charge is 2.09. The van der Waals surface area contributed by atoms with Gasteiger partial charge < -0.3 is 9.47 Å². The van der Waals surface area contributed by atoms with Crippen LogP contribution in [0.4, 0.5) is 9.93 Å². The Kier molecular flexibility index (Phi) is 6.18. The molecule has 0 saturated heterocycles. The first-order valence-corrected chi connectivity index (χ1v) is 9.13. The number of hydrazone groups is 1. The number of rotatable bonds is 6. The predicted octanol–water partition coefficient (Wildman–Crippen LogP) is 3.39. The van der Waals surface area contributed by atoms with Gasteiger partial charge in [0, 0.05) is 0 Å². The van der Waals surface area contributed by atoms with Crippen molar-refractivity contribution in [2.45, 2.75) is 6.92 Å². The number of hydrogen-bond donors (Lipinski definition) is 2.